The lowest BCUT2D eigenvalue weighted by Crippen LogP contribution is -2.26. The van der Waals surface area contributed by atoms with Gasteiger partial charge in [0.25, 0.3) is 0 Å². The molecular formula is C22H24ClN3O5. The summed E-state index contributed by atoms with van der Waals surface area (Å²) in [5.74, 6) is -1.15. The number of halogens is 1. The SMILES string of the molecule is COc1nc2c(cc1NCc1ccccc1Cl)c(=O)c(C(=O)O)cn2[C@H](CO)C(C)C. The Balaban J connectivity index is 2.20. The molecule has 164 valence electrons. The van der Waals surface area contributed by atoms with Crippen LogP contribution in [0.25, 0.3) is 11.0 Å². The Morgan fingerprint density at radius 2 is 2.03 bits per heavy atom. The van der Waals surface area contributed by atoms with Crippen LogP contribution < -0.4 is 15.5 Å². The minimum atomic E-state index is -1.34. The fourth-order valence-electron chi connectivity index (χ4n) is 3.39. The number of carboxylic acids is 1. The molecule has 2 aromatic heterocycles. The van der Waals surface area contributed by atoms with E-state index in [4.69, 9.17) is 16.3 Å². The minimum Gasteiger partial charge on any atom is -0.479 e. The number of methoxy groups -OCH3 is 1. The van der Waals surface area contributed by atoms with Gasteiger partial charge in [-0.1, -0.05) is 43.6 Å². The van der Waals surface area contributed by atoms with Crippen LogP contribution in [0.5, 0.6) is 5.88 Å². The summed E-state index contributed by atoms with van der Waals surface area (Å²) < 4.78 is 6.95. The van der Waals surface area contributed by atoms with Gasteiger partial charge in [0.2, 0.25) is 11.3 Å². The number of pyridine rings is 2. The second kappa shape index (κ2) is 9.36. The second-order valence-electron chi connectivity index (χ2n) is 7.44. The molecular weight excluding hydrogens is 422 g/mol. The van der Waals surface area contributed by atoms with Crippen molar-refractivity contribution >= 4 is 34.3 Å². The van der Waals surface area contributed by atoms with Crippen molar-refractivity contribution in [3.05, 3.63) is 62.9 Å². The number of nitrogens with zero attached hydrogens (tertiary/aromatic N) is 2. The maximum Gasteiger partial charge on any atom is 0.341 e. The third kappa shape index (κ3) is 4.50. The zero-order chi connectivity index (χ0) is 22.7. The Bertz CT molecular complexity index is 1180. The van der Waals surface area contributed by atoms with E-state index in [-0.39, 0.29) is 29.4 Å². The number of aliphatic hydroxyl groups excluding tert-OH is 1. The Kier molecular flexibility index (Phi) is 6.82. The van der Waals surface area contributed by atoms with E-state index in [9.17, 15) is 19.8 Å². The van der Waals surface area contributed by atoms with E-state index >= 15 is 0 Å². The maximum absolute atomic E-state index is 12.9. The lowest BCUT2D eigenvalue weighted by Gasteiger charge is -2.24. The summed E-state index contributed by atoms with van der Waals surface area (Å²) in [5, 5.41) is 23.3. The van der Waals surface area contributed by atoms with E-state index < -0.39 is 23.0 Å². The smallest absolute Gasteiger partial charge is 0.341 e. The largest absolute Gasteiger partial charge is 0.479 e. The Hall–Kier alpha value is -3.10. The van der Waals surface area contributed by atoms with Crippen molar-refractivity contribution in [3.63, 3.8) is 0 Å². The lowest BCUT2D eigenvalue weighted by molar-refractivity contribution is 0.0694. The summed E-state index contributed by atoms with van der Waals surface area (Å²) in [4.78, 5) is 29.1. The van der Waals surface area contributed by atoms with E-state index in [0.717, 1.165) is 5.56 Å². The molecule has 0 unspecified atom stereocenters. The molecule has 0 spiro atoms. The van der Waals surface area contributed by atoms with E-state index in [1.54, 1.807) is 6.07 Å². The van der Waals surface area contributed by atoms with E-state index in [1.165, 1.54) is 23.9 Å². The molecule has 0 aliphatic rings. The predicted octanol–water partition coefficient (Wildman–Crippen LogP) is 3.56. The molecule has 8 nitrogen and oxygen atoms in total. The molecule has 9 heteroatoms. The highest BCUT2D eigenvalue weighted by Gasteiger charge is 2.23. The first kappa shape index (κ1) is 22.6. The van der Waals surface area contributed by atoms with Crippen molar-refractivity contribution in [1.29, 1.82) is 0 Å². The summed E-state index contributed by atoms with van der Waals surface area (Å²) in [6.07, 6.45) is 1.23. The number of aromatic carboxylic acids is 1. The van der Waals surface area contributed by atoms with Gasteiger partial charge in [-0.3, -0.25) is 4.79 Å². The number of ether oxygens (including phenoxy) is 1. The fraction of sp³-hybridized carbons (Fsp3) is 0.318. The van der Waals surface area contributed by atoms with Crippen LogP contribution in [0.4, 0.5) is 5.69 Å². The van der Waals surface area contributed by atoms with Crippen LogP contribution in [0, 0.1) is 5.92 Å². The summed E-state index contributed by atoms with van der Waals surface area (Å²) in [7, 11) is 1.45. The van der Waals surface area contributed by atoms with Crippen LogP contribution in [0.15, 0.2) is 41.3 Å². The van der Waals surface area contributed by atoms with Gasteiger partial charge in [-0.05, 0) is 23.6 Å². The topological polar surface area (TPSA) is 114 Å². The minimum absolute atomic E-state index is 0.0387. The van der Waals surface area contributed by atoms with Crippen LogP contribution >= 0.6 is 11.6 Å². The Labute approximate surface area is 184 Å². The molecule has 0 aliphatic heterocycles. The first-order valence-corrected chi connectivity index (χ1v) is 10.1. The number of aromatic nitrogens is 2. The predicted molar refractivity (Wildman–Crippen MR) is 119 cm³/mol. The molecule has 1 atom stereocenters. The molecule has 0 radical (unpaired) electrons. The van der Waals surface area contributed by atoms with Crippen molar-refractivity contribution in [3.8, 4) is 5.88 Å². The summed E-state index contributed by atoms with van der Waals surface area (Å²) in [6, 6.07) is 8.37. The number of carboxylic acid groups (broad SMARTS) is 1. The molecule has 3 rings (SSSR count). The van der Waals surface area contributed by atoms with Crippen LogP contribution in [0.2, 0.25) is 5.02 Å². The molecule has 3 N–H and O–H groups in total. The monoisotopic (exact) mass is 445 g/mol. The Morgan fingerprint density at radius 1 is 1.32 bits per heavy atom. The number of carbonyl (C=O) groups is 1. The summed E-state index contributed by atoms with van der Waals surface area (Å²) in [6.45, 7) is 3.89. The molecule has 0 saturated carbocycles. The van der Waals surface area contributed by atoms with Crippen LogP contribution in [0.1, 0.15) is 35.8 Å². The van der Waals surface area contributed by atoms with Gasteiger partial charge in [0.05, 0.1) is 30.8 Å². The van der Waals surface area contributed by atoms with Gasteiger partial charge in [-0.2, -0.15) is 4.98 Å². The summed E-state index contributed by atoms with van der Waals surface area (Å²) in [5.41, 5.74) is 0.447. The van der Waals surface area contributed by atoms with Crippen molar-refractivity contribution in [2.24, 2.45) is 5.92 Å². The highest BCUT2D eigenvalue weighted by Crippen LogP contribution is 2.29. The van der Waals surface area contributed by atoms with Crippen molar-refractivity contribution in [2.75, 3.05) is 19.0 Å². The maximum atomic E-state index is 12.9. The van der Waals surface area contributed by atoms with Crippen LogP contribution in [-0.4, -0.2) is 39.5 Å². The number of rotatable bonds is 8. The van der Waals surface area contributed by atoms with Gasteiger partial charge in [0.15, 0.2) is 0 Å². The zero-order valence-corrected chi connectivity index (χ0v) is 18.2. The average Bonchev–Trinajstić information content (AvgIpc) is 2.74. The van der Waals surface area contributed by atoms with Crippen LogP contribution in [-0.2, 0) is 6.54 Å². The van der Waals surface area contributed by atoms with Gasteiger partial charge in [0, 0.05) is 17.8 Å². The molecule has 0 saturated heterocycles. The third-order valence-corrected chi connectivity index (χ3v) is 5.50. The fourth-order valence-corrected chi connectivity index (χ4v) is 3.60. The average molecular weight is 446 g/mol. The highest BCUT2D eigenvalue weighted by molar-refractivity contribution is 6.31. The molecule has 2 heterocycles. The van der Waals surface area contributed by atoms with Gasteiger partial charge in [-0.15, -0.1) is 0 Å². The molecule has 3 aromatic rings. The molecule has 0 amide bonds. The number of hydrogen-bond donors (Lipinski definition) is 3. The second-order valence-corrected chi connectivity index (χ2v) is 7.85. The summed E-state index contributed by atoms with van der Waals surface area (Å²) >= 11 is 6.21. The van der Waals surface area contributed by atoms with Crippen molar-refractivity contribution in [2.45, 2.75) is 26.4 Å². The molecule has 0 fully saturated rings. The van der Waals surface area contributed by atoms with E-state index in [0.29, 0.717) is 17.3 Å². The molecule has 31 heavy (non-hydrogen) atoms. The zero-order valence-electron chi connectivity index (χ0n) is 17.4. The normalized spacial score (nSPS) is 12.2. The van der Waals surface area contributed by atoms with E-state index in [1.807, 2.05) is 32.0 Å². The van der Waals surface area contributed by atoms with Gasteiger partial charge in [0.1, 0.15) is 11.2 Å². The van der Waals surface area contributed by atoms with Crippen LogP contribution in [0.3, 0.4) is 0 Å². The lowest BCUT2D eigenvalue weighted by atomic mass is 10.0. The van der Waals surface area contributed by atoms with Crippen molar-refractivity contribution in [1.82, 2.24) is 9.55 Å². The number of hydrogen-bond acceptors (Lipinski definition) is 6. The third-order valence-electron chi connectivity index (χ3n) is 5.13. The standard InChI is InChI=1S/C22H24ClN3O5/c1-12(2)18(11-27)26-10-15(22(29)30)19(28)14-8-17(21(31-3)25-20(14)26)24-9-13-6-4-5-7-16(13)23/h4-8,10,12,18,24,27H,9,11H2,1-3H3,(H,29,30)/t18-/m1/s1. The number of aliphatic hydroxyl groups is 1. The number of fused-ring (bicyclic) bond motifs is 1. The molecule has 1 aromatic carbocycles. The molecule has 0 aliphatic carbocycles. The van der Waals surface area contributed by atoms with E-state index in [2.05, 4.69) is 10.3 Å². The van der Waals surface area contributed by atoms with Gasteiger partial charge in [-0.25, -0.2) is 4.79 Å². The molecule has 0 bridgehead atoms. The first-order chi connectivity index (χ1) is 14.8. The Morgan fingerprint density at radius 3 is 2.61 bits per heavy atom. The van der Waals surface area contributed by atoms with Gasteiger partial charge < -0.3 is 24.8 Å². The van der Waals surface area contributed by atoms with Crippen molar-refractivity contribution < 1.29 is 19.7 Å². The number of benzene rings is 1. The first-order valence-electron chi connectivity index (χ1n) is 9.73. The number of anilines is 1. The quantitative estimate of drug-likeness (QED) is 0.485. The highest BCUT2D eigenvalue weighted by atomic mass is 35.5. The number of nitrogens with one attached hydrogen (secondary N) is 1. The van der Waals surface area contributed by atoms with Gasteiger partial charge >= 0.3 is 5.97 Å².